The molecule has 0 radical (unpaired) electrons. The van der Waals surface area contributed by atoms with E-state index < -0.39 is 24.3 Å². The number of ether oxygens (including phenoxy) is 2. The van der Waals surface area contributed by atoms with Crippen molar-refractivity contribution in [1.29, 1.82) is 0 Å². The fourth-order valence-corrected chi connectivity index (χ4v) is 1.55. The minimum Gasteiger partial charge on any atom is -0.494 e. The summed E-state index contributed by atoms with van der Waals surface area (Å²) in [5.74, 6) is -3.50. The Kier molecular flexibility index (Phi) is 5.41. The maximum Gasteiger partial charge on any atom is 0.337 e. The van der Waals surface area contributed by atoms with Crippen molar-refractivity contribution in [2.75, 3.05) is 20.4 Å². The Morgan fingerprint density at radius 1 is 1.42 bits per heavy atom. The standard InChI is InChI=1S/C13H13F3O3/c1-3-8-6-10(18-2)13(16)12(15)9(8)4-5-19-11(17)7-14/h3,6H,1,4-5,7H2,2H3. The van der Waals surface area contributed by atoms with E-state index in [0.717, 1.165) is 0 Å². The van der Waals surface area contributed by atoms with Gasteiger partial charge in [0.2, 0.25) is 5.82 Å². The maximum absolute atomic E-state index is 13.8. The number of alkyl halides is 1. The van der Waals surface area contributed by atoms with Crippen molar-refractivity contribution >= 4 is 12.0 Å². The largest absolute Gasteiger partial charge is 0.494 e. The molecule has 1 rings (SSSR count). The first kappa shape index (κ1) is 15.1. The highest BCUT2D eigenvalue weighted by Crippen LogP contribution is 2.27. The van der Waals surface area contributed by atoms with Crippen molar-refractivity contribution in [2.45, 2.75) is 6.42 Å². The number of carbonyl (C=O) groups excluding carboxylic acids is 1. The van der Waals surface area contributed by atoms with Crippen molar-refractivity contribution in [1.82, 2.24) is 0 Å². The van der Waals surface area contributed by atoms with Crippen LogP contribution in [-0.2, 0) is 16.0 Å². The molecule has 0 fully saturated rings. The Hall–Kier alpha value is -1.98. The summed E-state index contributed by atoms with van der Waals surface area (Å²) in [5, 5.41) is 0. The van der Waals surface area contributed by atoms with E-state index in [1.165, 1.54) is 19.3 Å². The zero-order valence-corrected chi connectivity index (χ0v) is 10.3. The second kappa shape index (κ2) is 6.82. The highest BCUT2D eigenvalue weighted by atomic mass is 19.2. The molecule has 0 heterocycles. The summed E-state index contributed by atoms with van der Waals surface area (Å²) in [7, 11) is 1.22. The normalized spacial score (nSPS) is 10.1. The lowest BCUT2D eigenvalue weighted by molar-refractivity contribution is -0.144. The van der Waals surface area contributed by atoms with Gasteiger partial charge in [0.25, 0.3) is 0 Å². The van der Waals surface area contributed by atoms with Crippen LogP contribution < -0.4 is 4.74 Å². The lowest BCUT2D eigenvalue weighted by Gasteiger charge is -2.11. The van der Waals surface area contributed by atoms with E-state index in [-0.39, 0.29) is 24.3 Å². The molecule has 0 amide bonds. The smallest absolute Gasteiger partial charge is 0.337 e. The highest BCUT2D eigenvalue weighted by molar-refractivity contribution is 5.70. The van der Waals surface area contributed by atoms with E-state index in [9.17, 15) is 18.0 Å². The van der Waals surface area contributed by atoms with Crippen molar-refractivity contribution in [3.63, 3.8) is 0 Å². The second-order valence-electron chi connectivity index (χ2n) is 3.58. The predicted octanol–water partition coefficient (Wildman–Crippen LogP) is 2.67. The van der Waals surface area contributed by atoms with Gasteiger partial charge in [-0.05, 0) is 11.6 Å². The van der Waals surface area contributed by atoms with E-state index in [2.05, 4.69) is 16.1 Å². The number of benzene rings is 1. The van der Waals surface area contributed by atoms with Crippen LogP contribution in [0.5, 0.6) is 5.75 Å². The zero-order valence-electron chi connectivity index (χ0n) is 10.3. The Balaban J connectivity index is 2.96. The number of hydrogen-bond acceptors (Lipinski definition) is 3. The molecular formula is C13H13F3O3. The summed E-state index contributed by atoms with van der Waals surface area (Å²) in [5.41, 5.74) is 0.326. The molecule has 0 bridgehead atoms. The van der Waals surface area contributed by atoms with Crippen molar-refractivity contribution in [2.24, 2.45) is 0 Å². The van der Waals surface area contributed by atoms with Gasteiger partial charge in [0.15, 0.2) is 18.2 Å². The molecule has 0 N–H and O–H groups in total. The van der Waals surface area contributed by atoms with Crippen LogP contribution >= 0.6 is 0 Å². The van der Waals surface area contributed by atoms with Crippen LogP contribution in [0.2, 0.25) is 0 Å². The van der Waals surface area contributed by atoms with Gasteiger partial charge in [-0.25, -0.2) is 13.6 Å². The molecule has 0 aromatic heterocycles. The summed E-state index contributed by atoms with van der Waals surface area (Å²) in [6.07, 6.45) is 1.25. The first-order valence-corrected chi connectivity index (χ1v) is 5.44. The second-order valence-corrected chi connectivity index (χ2v) is 3.58. The molecule has 0 aliphatic heterocycles. The lowest BCUT2D eigenvalue weighted by Crippen LogP contribution is -2.11. The van der Waals surface area contributed by atoms with Gasteiger partial charge in [-0.2, -0.15) is 4.39 Å². The van der Waals surface area contributed by atoms with E-state index in [1.807, 2.05) is 0 Å². The first-order valence-electron chi connectivity index (χ1n) is 5.44. The quantitative estimate of drug-likeness (QED) is 0.748. The van der Waals surface area contributed by atoms with Gasteiger partial charge in [-0.15, -0.1) is 0 Å². The minimum atomic E-state index is -1.26. The average molecular weight is 274 g/mol. The lowest BCUT2D eigenvalue weighted by atomic mass is 10.0. The number of hydrogen-bond donors (Lipinski definition) is 0. The Bertz CT molecular complexity index is 487. The van der Waals surface area contributed by atoms with E-state index in [1.54, 1.807) is 0 Å². The average Bonchev–Trinajstić information content (AvgIpc) is 2.43. The van der Waals surface area contributed by atoms with Crippen molar-refractivity contribution in [3.8, 4) is 5.75 Å². The summed E-state index contributed by atoms with van der Waals surface area (Å²) in [4.78, 5) is 10.6. The molecule has 0 saturated carbocycles. The van der Waals surface area contributed by atoms with Gasteiger partial charge in [0.05, 0.1) is 13.7 Å². The van der Waals surface area contributed by atoms with Crippen LogP contribution in [-0.4, -0.2) is 26.4 Å². The Morgan fingerprint density at radius 3 is 2.63 bits per heavy atom. The molecule has 104 valence electrons. The van der Waals surface area contributed by atoms with Gasteiger partial charge >= 0.3 is 5.97 Å². The van der Waals surface area contributed by atoms with E-state index in [4.69, 9.17) is 0 Å². The van der Waals surface area contributed by atoms with Crippen LogP contribution in [0.3, 0.4) is 0 Å². The maximum atomic E-state index is 13.8. The SMILES string of the molecule is C=Cc1cc(OC)c(F)c(F)c1CCOC(=O)CF. The molecule has 0 saturated heterocycles. The molecule has 6 heteroatoms. The minimum absolute atomic E-state index is 0.0000387. The van der Waals surface area contributed by atoms with Gasteiger partial charge in [-0.1, -0.05) is 12.7 Å². The third kappa shape index (κ3) is 3.49. The summed E-state index contributed by atoms with van der Waals surface area (Å²) >= 11 is 0. The van der Waals surface area contributed by atoms with Crippen LogP contribution in [0.4, 0.5) is 13.2 Å². The van der Waals surface area contributed by atoms with Crippen molar-refractivity contribution in [3.05, 3.63) is 35.4 Å². The Labute approximate surface area is 108 Å². The summed E-state index contributed by atoms with van der Waals surface area (Å²) in [6, 6.07) is 1.29. The molecule has 0 atom stereocenters. The number of rotatable bonds is 6. The number of carbonyl (C=O) groups is 1. The van der Waals surface area contributed by atoms with Crippen LogP contribution in [0, 0.1) is 11.6 Å². The predicted molar refractivity (Wildman–Crippen MR) is 63.6 cm³/mol. The van der Waals surface area contributed by atoms with Gasteiger partial charge in [0, 0.05) is 12.0 Å². The fourth-order valence-electron chi connectivity index (χ4n) is 1.55. The topological polar surface area (TPSA) is 35.5 Å². The monoisotopic (exact) mass is 274 g/mol. The van der Waals surface area contributed by atoms with Crippen molar-refractivity contribution < 1.29 is 27.4 Å². The fraction of sp³-hybridized carbons (Fsp3) is 0.308. The molecular weight excluding hydrogens is 261 g/mol. The molecule has 0 spiro atoms. The summed E-state index contributed by atoms with van der Waals surface area (Å²) < 4.78 is 48.3. The third-order valence-corrected chi connectivity index (χ3v) is 2.47. The molecule has 19 heavy (non-hydrogen) atoms. The van der Waals surface area contributed by atoms with E-state index in [0.29, 0.717) is 5.56 Å². The highest BCUT2D eigenvalue weighted by Gasteiger charge is 2.18. The van der Waals surface area contributed by atoms with E-state index >= 15 is 0 Å². The number of methoxy groups -OCH3 is 1. The Morgan fingerprint density at radius 2 is 2.11 bits per heavy atom. The van der Waals surface area contributed by atoms with Gasteiger partial charge < -0.3 is 9.47 Å². The van der Waals surface area contributed by atoms with Gasteiger partial charge in [-0.3, -0.25) is 0 Å². The first-order chi connectivity index (χ1) is 9.04. The third-order valence-electron chi connectivity index (χ3n) is 2.47. The molecule has 0 aliphatic rings. The van der Waals surface area contributed by atoms with Crippen LogP contribution in [0.15, 0.2) is 12.6 Å². The molecule has 0 unspecified atom stereocenters. The molecule has 1 aromatic rings. The molecule has 0 aliphatic carbocycles. The van der Waals surface area contributed by atoms with Crippen LogP contribution in [0.25, 0.3) is 6.08 Å². The molecule has 1 aromatic carbocycles. The molecule has 3 nitrogen and oxygen atoms in total. The van der Waals surface area contributed by atoms with Crippen LogP contribution in [0.1, 0.15) is 11.1 Å². The summed E-state index contributed by atoms with van der Waals surface area (Å²) in [6.45, 7) is 1.98. The van der Waals surface area contributed by atoms with Gasteiger partial charge in [0.1, 0.15) is 0 Å². The zero-order chi connectivity index (χ0) is 14.4. The number of halogens is 3. The number of esters is 1.